The van der Waals surface area contributed by atoms with E-state index in [2.05, 4.69) is 24.1 Å². The standard InChI is InChI=1S/C19H35N3O/c1-3-13(4-2)16(22-9-5-6-10-22)12-21-19(23)17-14-7-8-15(11-14)18(17)20/h13-18H,3-12,20H2,1-2H3,(H,21,23). The summed E-state index contributed by atoms with van der Waals surface area (Å²) in [7, 11) is 0. The molecule has 2 aliphatic carbocycles. The van der Waals surface area contributed by atoms with Crippen molar-refractivity contribution >= 4 is 5.91 Å². The number of fused-ring (bicyclic) bond motifs is 2. The van der Waals surface area contributed by atoms with Crippen molar-refractivity contribution in [3.63, 3.8) is 0 Å². The molecule has 5 unspecified atom stereocenters. The van der Waals surface area contributed by atoms with Crippen molar-refractivity contribution in [1.29, 1.82) is 0 Å². The Hall–Kier alpha value is -0.610. The lowest BCUT2D eigenvalue weighted by Crippen LogP contribution is -2.51. The van der Waals surface area contributed by atoms with E-state index in [1.54, 1.807) is 0 Å². The van der Waals surface area contributed by atoms with Crippen LogP contribution in [0, 0.1) is 23.7 Å². The number of hydrogen-bond acceptors (Lipinski definition) is 3. The summed E-state index contributed by atoms with van der Waals surface area (Å²) < 4.78 is 0. The van der Waals surface area contributed by atoms with Crippen LogP contribution < -0.4 is 11.1 Å². The summed E-state index contributed by atoms with van der Waals surface area (Å²) in [5, 5.41) is 3.31. The molecule has 4 heteroatoms. The first-order valence-electron chi connectivity index (χ1n) is 9.93. The van der Waals surface area contributed by atoms with Crippen LogP contribution in [0.25, 0.3) is 0 Å². The number of rotatable bonds is 7. The van der Waals surface area contributed by atoms with Crippen LogP contribution in [0.4, 0.5) is 0 Å². The van der Waals surface area contributed by atoms with Crippen molar-refractivity contribution in [3.05, 3.63) is 0 Å². The Morgan fingerprint density at radius 1 is 1.17 bits per heavy atom. The third kappa shape index (κ3) is 3.43. The van der Waals surface area contributed by atoms with Gasteiger partial charge in [0.1, 0.15) is 0 Å². The molecule has 3 rings (SSSR count). The van der Waals surface area contributed by atoms with Crippen LogP contribution >= 0.6 is 0 Å². The summed E-state index contributed by atoms with van der Waals surface area (Å²) in [5.74, 6) is 2.15. The van der Waals surface area contributed by atoms with Gasteiger partial charge < -0.3 is 11.1 Å². The number of nitrogens with zero attached hydrogens (tertiary/aromatic N) is 1. The highest BCUT2D eigenvalue weighted by Gasteiger charge is 2.49. The smallest absolute Gasteiger partial charge is 0.225 e. The molecule has 1 aliphatic heterocycles. The maximum Gasteiger partial charge on any atom is 0.225 e. The van der Waals surface area contributed by atoms with E-state index in [1.807, 2.05) is 0 Å². The number of nitrogens with two attached hydrogens (primary N) is 1. The first-order chi connectivity index (χ1) is 11.2. The predicted molar refractivity (Wildman–Crippen MR) is 94.0 cm³/mol. The van der Waals surface area contributed by atoms with Gasteiger partial charge in [0.05, 0.1) is 5.92 Å². The molecule has 3 aliphatic rings. The molecule has 0 radical (unpaired) electrons. The molecule has 132 valence electrons. The highest BCUT2D eigenvalue weighted by molar-refractivity contribution is 5.80. The largest absolute Gasteiger partial charge is 0.354 e. The minimum absolute atomic E-state index is 0.0784. The van der Waals surface area contributed by atoms with E-state index in [4.69, 9.17) is 5.73 Å². The SMILES string of the molecule is CCC(CC)C(CNC(=O)C1C2CCC(C2)C1N)N1CCCC1. The van der Waals surface area contributed by atoms with Gasteiger partial charge in [-0.3, -0.25) is 9.69 Å². The molecule has 0 spiro atoms. The number of likely N-dealkylation sites (tertiary alicyclic amines) is 1. The highest BCUT2D eigenvalue weighted by Crippen LogP contribution is 2.47. The minimum atomic E-state index is 0.0784. The Morgan fingerprint density at radius 3 is 2.39 bits per heavy atom. The molecule has 23 heavy (non-hydrogen) atoms. The van der Waals surface area contributed by atoms with Crippen LogP contribution in [0.1, 0.15) is 58.8 Å². The molecule has 2 saturated carbocycles. The molecule has 3 N–H and O–H groups in total. The van der Waals surface area contributed by atoms with Crippen LogP contribution in [-0.2, 0) is 4.79 Å². The van der Waals surface area contributed by atoms with Gasteiger partial charge in [-0.25, -0.2) is 0 Å². The molecule has 5 atom stereocenters. The third-order valence-corrected chi connectivity index (χ3v) is 6.97. The van der Waals surface area contributed by atoms with Crippen LogP contribution in [0.5, 0.6) is 0 Å². The summed E-state index contributed by atoms with van der Waals surface area (Å²) in [6, 6.07) is 0.610. The van der Waals surface area contributed by atoms with E-state index in [0.717, 1.165) is 6.54 Å². The number of amides is 1. The monoisotopic (exact) mass is 321 g/mol. The summed E-state index contributed by atoms with van der Waals surface area (Å²) in [6.07, 6.45) is 8.63. The third-order valence-electron chi connectivity index (χ3n) is 6.97. The zero-order chi connectivity index (χ0) is 16.4. The Kier molecular flexibility index (Phi) is 5.63. The summed E-state index contributed by atoms with van der Waals surface area (Å²) in [4.78, 5) is 15.4. The summed E-state index contributed by atoms with van der Waals surface area (Å²) in [6.45, 7) is 7.77. The van der Waals surface area contributed by atoms with Gasteiger partial charge in [0, 0.05) is 18.6 Å². The minimum Gasteiger partial charge on any atom is -0.354 e. The van der Waals surface area contributed by atoms with Gasteiger partial charge in [-0.15, -0.1) is 0 Å². The van der Waals surface area contributed by atoms with Crippen molar-refractivity contribution in [3.8, 4) is 0 Å². The van der Waals surface area contributed by atoms with Crippen LogP contribution in [-0.4, -0.2) is 42.5 Å². The van der Waals surface area contributed by atoms with E-state index in [-0.39, 0.29) is 17.9 Å². The van der Waals surface area contributed by atoms with E-state index >= 15 is 0 Å². The molecule has 1 amide bonds. The van der Waals surface area contributed by atoms with E-state index in [1.165, 1.54) is 58.0 Å². The van der Waals surface area contributed by atoms with E-state index < -0.39 is 0 Å². The average molecular weight is 322 g/mol. The molecular formula is C19H35N3O. The second kappa shape index (κ2) is 7.52. The molecule has 0 aromatic heterocycles. The molecule has 3 fully saturated rings. The fourth-order valence-electron chi connectivity index (χ4n) is 5.55. The average Bonchev–Trinajstić information content (AvgIpc) is 3.27. The number of carbonyl (C=O) groups is 1. The summed E-state index contributed by atoms with van der Waals surface area (Å²) in [5.41, 5.74) is 6.33. The van der Waals surface area contributed by atoms with Crippen LogP contribution in [0.3, 0.4) is 0 Å². The van der Waals surface area contributed by atoms with Crippen LogP contribution in [0.15, 0.2) is 0 Å². The highest BCUT2D eigenvalue weighted by atomic mass is 16.2. The molecule has 1 heterocycles. The predicted octanol–water partition coefficient (Wildman–Crippen LogP) is 2.38. The van der Waals surface area contributed by atoms with Gasteiger partial charge >= 0.3 is 0 Å². The van der Waals surface area contributed by atoms with Crippen molar-refractivity contribution < 1.29 is 4.79 Å². The lowest BCUT2D eigenvalue weighted by Gasteiger charge is -2.35. The number of hydrogen-bond donors (Lipinski definition) is 2. The van der Waals surface area contributed by atoms with Gasteiger partial charge in [0.25, 0.3) is 0 Å². The summed E-state index contributed by atoms with van der Waals surface area (Å²) >= 11 is 0. The normalized spacial score (nSPS) is 35.1. The van der Waals surface area contributed by atoms with Crippen molar-refractivity contribution in [1.82, 2.24) is 10.2 Å². The molecule has 2 bridgehead atoms. The first kappa shape index (κ1) is 17.2. The van der Waals surface area contributed by atoms with Crippen molar-refractivity contribution in [2.75, 3.05) is 19.6 Å². The lowest BCUT2D eigenvalue weighted by atomic mass is 9.84. The zero-order valence-electron chi connectivity index (χ0n) is 15.0. The zero-order valence-corrected chi connectivity index (χ0v) is 15.0. The van der Waals surface area contributed by atoms with Gasteiger partial charge in [-0.2, -0.15) is 0 Å². The van der Waals surface area contributed by atoms with Crippen LogP contribution in [0.2, 0.25) is 0 Å². The van der Waals surface area contributed by atoms with Gasteiger partial charge in [-0.1, -0.05) is 26.7 Å². The second-order valence-corrected chi connectivity index (χ2v) is 8.07. The van der Waals surface area contributed by atoms with Gasteiger partial charge in [-0.05, 0) is 62.9 Å². The molecular weight excluding hydrogens is 286 g/mol. The van der Waals surface area contributed by atoms with Gasteiger partial charge in [0.2, 0.25) is 5.91 Å². The fourth-order valence-corrected chi connectivity index (χ4v) is 5.55. The first-order valence-corrected chi connectivity index (χ1v) is 9.93. The maximum absolute atomic E-state index is 12.8. The van der Waals surface area contributed by atoms with Crippen molar-refractivity contribution in [2.45, 2.75) is 70.9 Å². The molecule has 0 aromatic carbocycles. The topological polar surface area (TPSA) is 58.4 Å². The Bertz CT molecular complexity index is 399. The second-order valence-electron chi connectivity index (χ2n) is 8.07. The molecule has 4 nitrogen and oxygen atoms in total. The maximum atomic E-state index is 12.8. The lowest BCUT2D eigenvalue weighted by molar-refractivity contribution is -0.127. The van der Waals surface area contributed by atoms with Crippen molar-refractivity contribution in [2.24, 2.45) is 29.4 Å². The van der Waals surface area contributed by atoms with Gasteiger partial charge in [0.15, 0.2) is 0 Å². The van der Waals surface area contributed by atoms with E-state index in [0.29, 0.717) is 23.8 Å². The molecule has 1 saturated heterocycles. The Labute approximate surface area is 141 Å². The quantitative estimate of drug-likeness (QED) is 0.757. The fraction of sp³-hybridized carbons (Fsp3) is 0.947. The molecule has 0 aromatic rings. The number of carbonyl (C=O) groups excluding carboxylic acids is 1. The Balaban J connectivity index is 1.58. The Morgan fingerprint density at radius 2 is 1.83 bits per heavy atom. The van der Waals surface area contributed by atoms with E-state index in [9.17, 15) is 4.79 Å². The number of nitrogens with one attached hydrogen (secondary N) is 1.